The van der Waals surface area contributed by atoms with Crippen LogP contribution in [0, 0.1) is 0 Å². The molecule has 0 atom stereocenters. The zero-order valence-electron chi connectivity index (χ0n) is 9.26. The van der Waals surface area contributed by atoms with Gasteiger partial charge in [-0.25, -0.2) is 4.98 Å². The minimum atomic E-state index is 0.501. The summed E-state index contributed by atoms with van der Waals surface area (Å²) < 4.78 is 1.79. The second kappa shape index (κ2) is 3.86. The van der Waals surface area contributed by atoms with E-state index in [-0.39, 0.29) is 0 Å². The Morgan fingerprint density at radius 1 is 1.24 bits per heavy atom. The lowest BCUT2D eigenvalue weighted by Gasteiger charge is -2.03. The van der Waals surface area contributed by atoms with Crippen LogP contribution in [0.15, 0.2) is 42.7 Å². The van der Waals surface area contributed by atoms with Gasteiger partial charge in [0.05, 0.1) is 5.69 Å². The minimum Gasteiger partial charge on any atom is -0.275 e. The first-order valence-corrected chi connectivity index (χ1v) is 5.66. The first kappa shape index (κ1) is 10.3. The number of benzene rings is 1. The fourth-order valence-corrected chi connectivity index (χ4v) is 2.08. The number of aryl methyl sites for hydroxylation is 1. The van der Waals surface area contributed by atoms with Gasteiger partial charge in [-0.05, 0) is 17.5 Å². The molecule has 4 heteroatoms. The van der Waals surface area contributed by atoms with Crippen LogP contribution in [0.25, 0.3) is 22.0 Å². The van der Waals surface area contributed by atoms with Crippen molar-refractivity contribution in [2.45, 2.75) is 0 Å². The van der Waals surface area contributed by atoms with Gasteiger partial charge in [-0.2, -0.15) is 5.10 Å². The molecule has 3 nitrogen and oxygen atoms in total. The summed E-state index contributed by atoms with van der Waals surface area (Å²) in [6.07, 6.45) is 3.71. The number of hydrogen-bond donors (Lipinski definition) is 0. The molecule has 0 saturated heterocycles. The van der Waals surface area contributed by atoms with Crippen LogP contribution in [-0.4, -0.2) is 14.8 Å². The maximum atomic E-state index is 5.95. The predicted octanol–water partition coefficient (Wildman–Crippen LogP) is 3.29. The third-order valence-corrected chi connectivity index (χ3v) is 2.93. The lowest BCUT2D eigenvalue weighted by atomic mass is 10.0. The van der Waals surface area contributed by atoms with Crippen molar-refractivity contribution in [2.75, 3.05) is 0 Å². The Morgan fingerprint density at radius 3 is 2.88 bits per heavy atom. The maximum Gasteiger partial charge on any atom is 0.129 e. The van der Waals surface area contributed by atoms with Gasteiger partial charge in [0.15, 0.2) is 0 Å². The summed E-state index contributed by atoms with van der Waals surface area (Å²) in [6.45, 7) is 0. The average Bonchev–Trinajstić information content (AvgIpc) is 2.75. The highest BCUT2D eigenvalue weighted by molar-refractivity contribution is 6.30. The molecule has 0 saturated carbocycles. The number of aromatic nitrogens is 3. The van der Waals surface area contributed by atoms with Gasteiger partial charge in [-0.3, -0.25) is 4.68 Å². The van der Waals surface area contributed by atoms with Crippen molar-refractivity contribution in [2.24, 2.45) is 7.05 Å². The van der Waals surface area contributed by atoms with Crippen LogP contribution in [0.3, 0.4) is 0 Å². The summed E-state index contributed by atoms with van der Waals surface area (Å²) in [5.41, 5.74) is 2.02. The minimum absolute atomic E-state index is 0.501. The number of hydrogen-bond acceptors (Lipinski definition) is 2. The van der Waals surface area contributed by atoms with Gasteiger partial charge in [0.1, 0.15) is 5.15 Å². The number of fused-ring (bicyclic) bond motifs is 1. The third kappa shape index (κ3) is 1.78. The molecule has 0 bridgehead atoms. The van der Waals surface area contributed by atoms with E-state index in [0.29, 0.717) is 5.15 Å². The molecule has 2 heterocycles. The van der Waals surface area contributed by atoms with Crippen molar-refractivity contribution in [1.82, 2.24) is 14.8 Å². The van der Waals surface area contributed by atoms with Crippen LogP contribution in [0.5, 0.6) is 0 Å². The van der Waals surface area contributed by atoms with Crippen molar-refractivity contribution in [3.63, 3.8) is 0 Å². The number of rotatable bonds is 1. The number of halogens is 1. The molecule has 84 valence electrons. The Morgan fingerprint density at radius 2 is 2.12 bits per heavy atom. The fourth-order valence-electron chi connectivity index (χ4n) is 1.93. The number of pyridine rings is 1. The van der Waals surface area contributed by atoms with Crippen molar-refractivity contribution >= 4 is 22.4 Å². The zero-order chi connectivity index (χ0) is 11.8. The molecule has 3 aromatic rings. The van der Waals surface area contributed by atoms with Crippen molar-refractivity contribution < 1.29 is 0 Å². The van der Waals surface area contributed by atoms with Crippen molar-refractivity contribution in [1.29, 1.82) is 0 Å². The monoisotopic (exact) mass is 243 g/mol. The van der Waals surface area contributed by atoms with E-state index in [1.54, 1.807) is 10.9 Å². The molecular formula is C13H10ClN3. The summed E-state index contributed by atoms with van der Waals surface area (Å²) in [7, 11) is 1.91. The Hall–Kier alpha value is -1.87. The van der Waals surface area contributed by atoms with Gasteiger partial charge < -0.3 is 0 Å². The second-order valence-electron chi connectivity index (χ2n) is 3.91. The first-order valence-electron chi connectivity index (χ1n) is 5.28. The highest BCUT2D eigenvalue weighted by Crippen LogP contribution is 2.28. The van der Waals surface area contributed by atoms with E-state index in [9.17, 15) is 0 Å². The van der Waals surface area contributed by atoms with Crippen molar-refractivity contribution in [3.05, 3.63) is 47.9 Å². The van der Waals surface area contributed by atoms with E-state index < -0.39 is 0 Å². The van der Waals surface area contributed by atoms with Gasteiger partial charge in [0, 0.05) is 30.4 Å². The summed E-state index contributed by atoms with van der Waals surface area (Å²) in [5, 5.41) is 7.06. The summed E-state index contributed by atoms with van der Waals surface area (Å²) in [5.74, 6) is 0. The quantitative estimate of drug-likeness (QED) is 0.614. The van der Waals surface area contributed by atoms with E-state index in [0.717, 1.165) is 22.0 Å². The smallest absolute Gasteiger partial charge is 0.129 e. The van der Waals surface area contributed by atoms with Gasteiger partial charge in [0.25, 0.3) is 0 Å². The van der Waals surface area contributed by atoms with Gasteiger partial charge in [-0.15, -0.1) is 0 Å². The topological polar surface area (TPSA) is 30.7 Å². The van der Waals surface area contributed by atoms with E-state index in [2.05, 4.69) is 10.1 Å². The molecule has 0 N–H and O–H groups in total. The summed E-state index contributed by atoms with van der Waals surface area (Å²) in [4.78, 5) is 4.09. The molecule has 1 aromatic carbocycles. The molecule has 17 heavy (non-hydrogen) atoms. The average molecular weight is 244 g/mol. The number of nitrogens with zero attached hydrogens (tertiary/aromatic N) is 3. The molecule has 0 spiro atoms. The molecule has 0 fully saturated rings. The van der Waals surface area contributed by atoms with Gasteiger partial charge in [0.2, 0.25) is 0 Å². The Balaban J connectivity index is 2.32. The largest absolute Gasteiger partial charge is 0.275 e. The van der Waals surface area contributed by atoms with Crippen LogP contribution in [0.4, 0.5) is 0 Å². The van der Waals surface area contributed by atoms with E-state index in [1.807, 2.05) is 43.6 Å². The van der Waals surface area contributed by atoms with E-state index >= 15 is 0 Å². The summed E-state index contributed by atoms with van der Waals surface area (Å²) >= 11 is 5.95. The standard InChI is InChI=1S/C13H10ClN3/c1-17-6-5-12(16-17)10-4-2-3-9-8-15-13(14)7-11(9)10/h2-8H,1H3. The van der Waals surface area contributed by atoms with Gasteiger partial charge in [-0.1, -0.05) is 29.8 Å². The molecule has 0 amide bonds. The fraction of sp³-hybridized carbons (Fsp3) is 0.0769. The Bertz CT molecular complexity index is 688. The highest BCUT2D eigenvalue weighted by Gasteiger charge is 2.06. The molecule has 0 radical (unpaired) electrons. The van der Waals surface area contributed by atoms with Crippen LogP contribution in [0.1, 0.15) is 0 Å². The lowest BCUT2D eigenvalue weighted by Crippen LogP contribution is -1.89. The van der Waals surface area contributed by atoms with E-state index in [1.165, 1.54) is 0 Å². The van der Waals surface area contributed by atoms with Crippen LogP contribution in [-0.2, 0) is 7.05 Å². The van der Waals surface area contributed by atoms with Crippen LogP contribution in [0.2, 0.25) is 5.15 Å². The molecule has 0 aliphatic heterocycles. The van der Waals surface area contributed by atoms with Gasteiger partial charge >= 0.3 is 0 Å². The molecule has 0 aliphatic carbocycles. The third-order valence-electron chi connectivity index (χ3n) is 2.72. The van der Waals surface area contributed by atoms with Crippen LogP contribution >= 0.6 is 11.6 Å². The molecular weight excluding hydrogens is 234 g/mol. The Kier molecular flexibility index (Phi) is 2.34. The molecule has 0 unspecified atom stereocenters. The predicted molar refractivity (Wildman–Crippen MR) is 69.0 cm³/mol. The maximum absolute atomic E-state index is 5.95. The SMILES string of the molecule is Cn1ccc(-c2cccc3cnc(Cl)cc23)n1. The highest BCUT2D eigenvalue weighted by atomic mass is 35.5. The lowest BCUT2D eigenvalue weighted by molar-refractivity contribution is 0.771. The normalized spacial score (nSPS) is 10.9. The first-order chi connectivity index (χ1) is 8.24. The van der Waals surface area contributed by atoms with Crippen molar-refractivity contribution in [3.8, 4) is 11.3 Å². The van der Waals surface area contributed by atoms with E-state index in [4.69, 9.17) is 11.6 Å². The molecule has 3 rings (SSSR count). The molecule has 0 aliphatic rings. The Labute approximate surface area is 104 Å². The summed E-state index contributed by atoms with van der Waals surface area (Å²) in [6, 6.07) is 9.93. The van der Waals surface area contributed by atoms with Crippen LogP contribution < -0.4 is 0 Å². The molecule has 2 aromatic heterocycles. The second-order valence-corrected chi connectivity index (χ2v) is 4.30. The zero-order valence-corrected chi connectivity index (χ0v) is 10.0.